The average molecular weight is 178 g/mol. The maximum absolute atomic E-state index is 11.1. The third-order valence-electron chi connectivity index (χ3n) is 3.12. The number of esters is 1. The average Bonchev–Trinajstić information content (AvgIpc) is 2.62. The number of carbonyl (C=O) groups excluding carboxylic acids is 1. The molecule has 0 aromatic heterocycles. The van der Waals surface area contributed by atoms with Crippen molar-refractivity contribution in [3.63, 3.8) is 0 Å². The Morgan fingerprint density at radius 2 is 2.46 bits per heavy atom. The third kappa shape index (κ3) is 1.30. The van der Waals surface area contributed by atoms with E-state index < -0.39 is 0 Å². The van der Waals surface area contributed by atoms with Crippen LogP contribution < -0.4 is 0 Å². The molecule has 1 fully saturated rings. The molecule has 0 aromatic carbocycles. The van der Waals surface area contributed by atoms with E-state index in [4.69, 9.17) is 4.74 Å². The van der Waals surface area contributed by atoms with E-state index in [0.717, 1.165) is 12.8 Å². The first kappa shape index (κ1) is 8.54. The predicted octanol–water partition coefficient (Wildman–Crippen LogP) is 2.07. The van der Waals surface area contributed by atoms with Gasteiger partial charge in [-0.3, -0.25) is 0 Å². The fraction of sp³-hybridized carbons (Fsp3) is 0.545. The molecular formula is C11H14O2. The first-order chi connectivity index (χ1) is 6.14. The van der Waals surface area contributed by atoms with Crippen LogP contribution in [0.25, 0.3) is 0 Å². The van der Waals surface area contributed by atoms with E-state index in [1.807, 2.05) is 6.92 Å². The van der Waals surface area contributed by atoms with Gasteiger partial charge in [-0.25, -0.2) is 4.79 Å². The lowest BCUT2D eigenvalue weighted by Gasteiger charge is -2.30. The van der Waals surface area contributed by atoms with E-state index in [9.17, 15) is 4.79 Å². The summed E-state index contributed by atoms with van der Waals surface area (Å²) < 4.78 is 5.37. The highest BCUT2D eigenvalue weighted by atomic mass is 16.6. The van der Waals surface area contributed by atoms with E-state index >= 15 is 0 Å². The molecule has 70 valence electrons. The second kappa shape index (κ2) is 2.72. The molecule has 2 heteroatoms. The van der Waals surface area contributed by atoms with Gasteiger partial charge in [0.15, 0.2) is 0 Å². The van der Waals surface area contributed by atoms with Gasteiger partial charge >= 0.3 is 5.97 Å². The molecule has 3 atom stereocenters. The summed E-state index contributed by atoms with van der Waals surface area (Å²) in [6, 6.07) is 0. The minimum absolute atomic E-state index is 0.273. The highest BCUT2D eigenvalue weighted by molar-refractivity contribution is 5.81. The molecule has 0 heterocycles. The van der Waals surface area contributed by atoms with Gasteiger partial charge in [-0.05, 0) is 25.7 Å². The normalized spacial score (nSPS) is 40.7. The van der Waals surface area contributed by atoms with Crippen LogP contribution in [0.3, 0.4) is 0 Å². The van der Waals surface area contributed by atoms with Crippen LogP contribution in [0.5, 0.6) is 0 Å². The molecule has 2 bridgehead atoms. The molecule has 2 nitrogen and oxygen atoms in total. The summed E-state index contributed by atoms with van der Waals surface area (Å²) in [5, 5.41) is 0. The van der Waals surface area contributed by atoms with Crippen LogP contribution in [-0.2, 0) is 9.53 Å². The summed E-state index contributed by atoms with van der Waals surface area (Å²) >= 11 is 0. The first-order valence-electron chi connectivity index (χ1n) is 4.68. The minimum Gasteiger partial charge on any atom is -0.456 e. The number of allylic oxidation sites excluding steroid dienone is 1. The predicted molar refractivity (Wildman–Crippen MR) is 50.0 cm³/mol. The largest absolute Gasteiger partial charge is 0.456 e. The maximum atomic E-state index is 11.1. The van der Waals surface area contributed by atoms with Gasteiger partial charge in [0, 0.05) is 12.0 Å². The van der Waals surface area contributed by atoms with E-state index in [2.05, 4.69) is 18.7 Å². The molecule has 0 aliphatic heterocycles. The number of hydrogen-bond donors (Lipinski definition) is 0. The zero-order valence-corrected chi connectivity index (χ0v) is 7.82. The van der Waals surface area contributed by atoms with Crippen molar-refractivity contribution in [3.05, 3.63) is 24.8 Å². The zero-order valence-electron chi connectivity index (χ0n) is 7.82. The lowest BCUT2D eigenvalue weighted by atomic mass is 9.90. The SMILES string of the molecule is C=CC(=O)OC1(C)CC2C=CC1C2. The maximum Gasteiger partial charge on any atom is 0.330 e. The Hall–Kier alpha value is -1.05. The van der Waals surface area contributed by atoms with E-state index in [0.29, 0.717) is 11.8 Å². The Kier molecular flexibility index (Phi) is 1.79. The van der Waals surface area contributed by atoms with Gasteiger partial charge in [0.05, 0.1) is 0 Å². The van der Waals surface area contributed by atoms with Crippen LogP contribution >= 0.6 is 0 Å². The van der Waals surface area contributed by atoms with Crippen molar-refractivity contribution in [1.82, 2.24) is 0 Å². The first-order valence-corrected chi connectivity index (χ1v) is 4.68. The van der Waals surface area contributed by atoms with E-state index in [-0.39, 0.29) is 11.6 Å². The molecule has 0 spiro atoms. The molecule has 0 N–H and O–H groups in total. The van der Waals surface area contributed by atoms with Crippen LogP contribution in [0.15, 0.2) is 24.8 Å². The molecule has 2 aliphatic carbocycles. The summed E-state index contributed by atoms with van der Waals surface area (Å²) in [5.41, 5.74) is -0.273. The quantitative estimate of drug-likeness (QED) is 0.367. The highest BCUT2D eigenvalue weighted by Gasteiger charge is 2.47. The number of fused-ring (bicyclic) bond motifs is 2. The van der Waals surface area contributed by atoms with Gasteiger partial charge in [-0.15, -0.1) is 0 Å². The number of ether oxygens (including phenoxy) is 1. The molecular weight excluding hydrogens is 164 g/mol. The second-order valence-corrected chi connectivity index (χ2v) is 4.13. The summed E-state index contributed by atoms with van der Waals surface area (Å²) in [6.45, 7) is 5.42. The fourth-order valence-corrected chi connectivity index (χ4v) is 2.44. The van der Waals surface area contributed by atoms with Crippen molar-refractivity contribution in [2.24, 2.45) is 11.8 Å². The van der Waals surface area contributed by atoms with Crippen molar-refractivity contribution >= 4 is 5.97 Å². The van der Waals surface area contributed by atoms with Crippen LogP contribution in [-0.4, -0.2) is 11.6 Å². The molecule has 13 heavy (non-hydrogen) atoms. The van der Waals surface area contributed by atoms with Crippen molar-refractivity contribution in [2.75, 3.05) is 0 Å². The molecule has 0 saturated heterocycles. The van der Waals surface area contributed by atoms with Crippen molar-refractivity contribution < 1.29 is 9.53 Å². The van der Waals surface area contributed by atoms with Crippen molar-refractivity contribution in [2.45, 2.75) is 25.4 Å². The molecule has 1 saturated carbocycles. The lowest BCUT2D eigenvalue weighted by Crippen LogP contribution is -2.35. The summed E-state index contributed by atoms with van der Waals surface area (Å²) in [4.78, 5) is 11.1. The smallest absolute Gasteiger partial charge is 0.330 e. The summed E-state index contributed by atoms with van der Waals surface area (Å²) in [5.74, 6) is 0.734. The summed E-state index contributed by atoms with van der Waals surface area (Å²) in [7, 11) is 0. The van der Waals surface area contributed by atoms with Gasteiger partial charge in [-0.2, -0.15) is 0 Å². The van der Waals surface area contributed by atoms with Crippen LogP contribution in [0.2, 0.25) is 0 Å². The number of hydrogen-bond acceptors (Lipinski definition) is 2. The Morgan fingerprint density at radius 1 is 1.69 bits per heavy atom. The molecule has 3 unspecified atom stereocenters. The van der Waals surface area contributed by atoms with Crippen molar-refractivity contribution in [3.8, 4) is 0 Å². The molecule has 0 radical (unpaired) electrons. The second-order valence-electron chi connectivity index (χ2n) is 4.13. The lowest BCUT2D eigenvalue weighted by molar-refractivity contribution is -0.154. The minimum atomic E-state index is -0.302. The van der Waals surface area contributed by atoms with Gasteiger partial charge < -0.3 is 4.74 Å². The Labute approximate surface area is 78.3 Å². The monoisotopic (exact) mass is 178 g/mol. The zero-order chi connectivity index (χ0) is 9.47. The van der Waals surface area contributed by atoms with E-state index in [1.54, 1.807) is 0 Å². The highest BCUT2D eigenvalue weighted by Crippen LogP contribution is 2.48. The molecule has 0 aromatic rings. The fourth-order valence-electron chi connectivity index (χ4n) is 2.44. The van der Waals surface area contributed by atoms with Gasteiger partial charge in [0.25, 0.3) is 0 Å². The molecule has 2 rings (SSSR count). The van der Waals surface area contributed by atoms with Gasteiger partial charge in [0.1, 0.15) is 5.60 Å². The Balaban J connectivity index is 2.10. The Morgan fingerprint density at radius 3 is 2.92 bits per heavy atom. The van der Waals surface area contributed by atoms with E-state index in [1.165, 1.54) is 6.08 Å². The molecule has 0 amide bonds. The van der Waals surface area contributed by atoms with Gasteiger partial charge in [-0.1, -0.05) is 18.7 Å². The van der Waals surface area contributed by atoms with Crippen molar-refractivity contribution in [1.29, 1.82) is 0 Å². The molecule has 2 aliphatic rings. The van der Waals surface area contributed by atoms with Crippen LogP contribution in [0.1, 0.15) is 19.8 Å². The van der Waals surface area contributed by atoms with Crippen LogP contribution in [0, 0.1) is 11.8 Å². The summed E-state index contributed by atoms with van der Waals surface area (Å²) in [6.07, 6.45) is 7.74. The third-order valence-corrected chi connectivity index (χ3v) is 3.12. The van der Waals surface area contributed by atoms with Gasteiger partial charge in [0.2, 0.25) is 0 Å². The number of carbonyl (C=O) groups is 1. The Bertz CT molecular complexity index is 280. The standard InChI is InChI=1S/C11H14O2/c1-3-10(12)13-11(2)7-8-4-5-9(11)6-8/h3-5,8-9H,1,6-7H2,2H3. The van der Waals surface area contributed by atoms with Crippen LogP contribution in [0.4, 0.5) is 0 Å². The number of rotatable bonds is 2. The topological polar surface area (TPSA) is 26.3 Å².